The van der Waals surface area contributed by atoms with E-state index in [9.17, 15) is 5.21 Å². The van der Waals surface area contributed by atoms with Gasteiger partial charge in [-0.2, -0.15) is 9.99 Å². The monoisotopic (exact) mass is 220 g/mol. The van der Waals surface area contributed by atoms with Gasteiger partial charge in [-0.25, -0.2) is 0 Å². The summed E-state index contributed by atoms with van der Waals surface area (Å²) >= 11 is 1.34. The molecule has 1 heterocycles. The Morgan fingerprint density at radius 2 is 2.40 bits per heavy atom. The summed E-state index contributed by atoms with van der Waals surface area (Å²) in [5.41, 5.74) is 0.560. The van der Waals surface area contributed by atoms with Crippen LogP contribution >= 0.6 is 11.3 Å². The first-order chi connectivity index (χ1) is 7.26. The highest BCUT2D eigenvalue weighted by Crippen LogP contribution is 2.24. The van der Waals surface area contributed by atoms with Crippen molar-refractivity contribution in [1.82, 2.24) is 0 Å². The molecule has 4 nitrogen and oxygen atoms in total. The van der Waals surface area contributed by atoms with Crippen LogP contribution in [0.15, 0.2) is 18.2 Å². The molecule has 0 spiro atoms. The van der Waals surface area contributed by atoms with Crippen LogP contribution in [-0.2, 0) is 6.42 Å². The highest BCUT2D eigenvalue weighted by atomic mass is 32.1. The van der Waals surface area contributed by atoms with Crippen molar-refractivity contribution in [2.75, 3.05) is 7.11 Å². The number of rotatable bonds is 2. The van der Waals surface area contributed by atoms with Gasteiger partial charge in [-0.3, -0.25) is 0 Å². The van der Waals surface area contributed by atoms with Crippen LogP contribution < -0.4 is 9.47 Å². The quantitative estimate of drug-likeness (QED) is 0.570. The number of hydrogen-bond donors (Lipinski definition) is 0. The molecule has 0 aliphatic rings. The Morgan fingerprint density at radius 1 is 1.60 bits per heavy atom. The van der Waals surface area contributed by atoms with Gasteiger partial charge in [0.25, 0.3) is 5.01 Å². The van der Waals surface area contributed by atoms with Crippen molar-refractivity contribution in [1.29, 1.82) is 5.26 Å². The van der Waals surface area contributed by atoms with Crippen molar-refractivity contribution < 1.29 is 9.47 Å². The second-order valence-corrected chi connectivity index (χ2v) is 4.07. The van der Waals surface area contributed by atoms with Crippen LogP contribution in [-0.4, -0.2) is 7.11 Å². The lowest BCUT2D eigenvalue weighted by Crippen LogP contribution is -2.28. The molecule has 0 N–H and O–H groups in total. The zero-order chi connectivity index (χ0) is 10.8. The number of methoxy groups -OCH3 is 1. The average molecular weight is 220 g/mol. The minimum Gasteiger partial charge on any atom is -0.617 e. The summed E-state index contributed by atoms with van der Waals surface area (Å²) in [6.45, 7) is 0. The number of ether oxygens (including phenoxy) is 1. The smallest absolute Gasteiger partial charge is 0.263 e. The predicted molar refractivity (Wildman–Crippen MR) is 56.7 cm³/mol. The highest BCUT2D eigenvalue weighted by Gasteiger charge is 2.15. The molecule has 0 fully saturated rings. The Kier molecular flexibility index (Phi) is 2.44. The molecule has 0 radical (unpaired) electrons. The summed E-state index contributed by atoms with van der Waals surface area (Å²) in [6, 6.07) is 7.28. The van der Waals surface area contributed by atoms with E-state index in [-0.39, 0.29) is 6.42 Å². The van der Waals surface area contributed by atoms with E-state index in [4.69, 9.17) is 10.00 Å². The Morgan fingerprint density at radius 3 is 3.07 bits per heavy atom. The van der Waals surface area contributed by atoms with Gasteiger partial charge in [-0.1, -0.05) is 11.3 Å². The maximum Gasteiger partial charge on any atom is 0.263 e. The van der Waals surface area contributed by atoms with Gasteiger partial charge in [0.2, 0.25) is 5.52 Å². The molecule has 0 atom stereocenters. The van der Waals surface area contributed by atoms with Gasteiger partial charge in [0.1, 0.15) is 16.9 Å². The Labute approximate surface area is 90.5 Å². The third-order valence-electron chi connectivity index (χ3n) is 2.07. The van der Waals surface area contributed by atoms with E-state index in [1.807, 2.05) is 12.1 Å². The largest absolute Gasteiger partial charge is 0.617 e. The van der Waals surface area contributed by atoms with Crippen LogP contribution in [0.1, 0.15) is 5.01 Å². The first-order valence-electron chi connectivity index (χ1n) is 4.32. The van der Waals surface area contributed by atoms with Crippen molar-refractivity contribution in [3.63, 3.8) is 0 Å². The summed E-state index contributed by atoms with van der Waals surface area (Å²) in [7, 11) is 1.55. The Bertz CT molecular complexity index is 542. The first kappa shape index (κ1) is 9.74. The van der Waals surface area contributed by atoms with Crippen molar-refractivity contribution in [2.45, 2.75) is 6.42 Å². The minimum absolute atomic E-state index is 0.144. The van der Waals surface area contributed by atoms with Gasteiger partial charge in [0, 0.05) is 0 Å². The fourth-order valence-electron chi connectivity index (χ4n) is 1.35. The van der Waals surface area contributed by atoms with Gasteiger partial charge in [-0.15, -0.1) is 0 Å². The summed E-state index contributed by atoms with van der Waals surface area (Å²) < 4.78 is 6.70. The molecule has 1 aromatic heterocycles. The van der Waals surface area contributed by atoms with Crippen molar-refractivity contribution in [3.8, 4) is 11.8 Å². The van der Waals surface area contributed by atoms with E-state index in [1.54, 1.807) is 19.2 Å². The zero-order valence-electron chi connectivity index (χ0n) is 8.06. The SMILES string of the molecule is COc1ccc2sc(CC#N)[n+]([O-])c2c1. The summed E-state index contributed by atoms with van der Waals surface area (Å²) in [5, 5.41) is 20.8. The maximum atomic E-state index is 11.7. The van der Waals surface area contributed by atoms with E-state index >= 15 is 0 Å². The Hall–Kier alpha value is -1.80. The first-order valence-corrected chi connectivity index (χ1v) is 5.14. The number of nitriles is 1. The number of benzene rings is 1. The van der Waals surface area contributed by atoms with E-state index in [0.29, 0.717) is 16.3 Å². The zero-order valence-corrected chi connectivity index (χ0v) is 8.87. The molecule has 0 amide bonds. The predicted octanol–water partition coefficient (Wildman–Crippen LogP) is 1.61. The highest BCUT2D eigenvalue weighted by molar-refractivity contribution is 7.18. The van der Waals surface area contributed by atoms with Gasteiger partial charge >= 0.3 is 0 Å². The molecule has 0 saturated carbocycles. The molecule has 2 aromatic rings. The molecule has 0 saturated heterocycles. The van der Waals surface area contributed by atoms with Crippen molar-refractivity contribution >= 4 is 21.6 Å². The van der Waals surface area contributed by atoms with Crippen LogP contribution in [0.25, 0.3) is 10.2 Å². The second-order valence-electron chi connectivity index (χ2n) is 2.96. The third kappa shape index (κ3) is 1.60. The summed E-state index contributed by atoms with van der Waals surface area (Å²) in [4.78, 5) is 0. The molecular formula is C10H8N2O2S. The summed E-state index contributed by atoms with van der Waals surface area (Å²) in [5.74, 6) is 0.647. The molecule has 0 aliphatic carbocycles. The molecule has 76 valence electrons. The van der Waals surface area contributed by atoms with E-state index in [0.717, 1.165) is 9.43 Å². The molecular weight excluding hydrogens is 212 g/mol. The molecule has 0 unspecified atom stereocenters. The number of fused-ring (bicyclic) bond motifs is 1. The van der Waals surface area contributed by atoms with Gasteiger partial charge < -0.3 is 9.94 Å². The van der Waals surface area contributed by atoms with Crippen molar-refractivity contribution in [3.05, 3.63) is 28.4 Å². The second kappa shape index (κ2) is 3.75. The van der Waals surface area contributed by atoms with Gasteiger partial charge in [0.15, 0.2) is 0 Å². The number of thiazole rings is 1. The van der Waals surface area contributed by atoms with E-state index < -0.39 is 0 Å². The molecule has 0 bridgehead atoms. The lowest BCUT2D eigenvalue weighted by atomic mass is 10.3. The number of aromatic nitrogens is 1. The lowest BCUT2D eigenvalue weighted by Gasteiger charge is -1.98. The average Bonchev–Trinajstić information content (AvgIpc) is 2.56. The molecule has 15 heavy (non-hydrogen) atoms. The fraction of sp³-hybridized carbons (Fsp3) is 0.200. The fourth-order valence-corrected chi connectivity index (χ4v) is 2.30. The van der Waals surface area contributed by atoms with Gasteiger partial charge in [0.05, 0.1) is 19.2 Å². The van der Waals surface area contributed by atoms with E-state index in [1.165, 1.54) is 11.3 Å². The number of nitrogens with zero attached hydrogens (tertiary/aromatic N) is 2. The molecule has 2 rings (SSSR count). The topological polar surface area (TPSA) is 60.0 Å². The lowest BCUT2D eigenvalue weighted by molar-refractivity contribution is -0.579. The normalized spacial score (nSPS) is 10.1. The third-order valence-corrected chi connectivity index (χ3v) is 3.18. The molecule has 5 heteroatoms. The van der Waals surface area contributed by atoms with Crippen LogP contribution in [0.2, 0.25) is 0 Å². The number of hydrogen-bond acceptors (Lipinski definition) is 4. The Balaban J connectivity index is 2.62. The minimum atomic E-state index is 0.144. The van der Waals surface area contributed by atoms with Crippen LogP contribution in [0, 0.1) is 16.5 Å². The van der Waals surface area contributed by atoms with E-state index in [2.05, 4.69) is 0 Å². The van der Waals surface area contributed by atoms with Crippen LogP contribution in [0.3, 0.4) is 0 Å². The van der Waals surface area contributed by atoms with Crippen molar-refractivity contribution in [2.24, 2.45) is 0 Å². The standard InChI is InChI=1S/C10H8N2O2S/c1-14-7-2-3-9-8(6-7)12(13)10(15-9)4-5-11/h2-3,6H,4H2,1H3. The molecule has 1 aromatic carbocycles. The van der Waals surface area contributed by atoms with Gasteiger partial charge in [-0.05, 0) is 12.1 Å². The van der Waals surface area contributed by atoms with Crippen LogP contribution in [0.4, 0.5) is 0 Å². The maximum absolute atomic E-state index is 11.7. The molecule has 0 aliphatic heterocycles. The summed E-state index contributed by atoms with van der Waals surface area (Å²) in [6.07, 6.45) is 0.144. The van der Waals surface area contributed by atoms with Crippen LogP contribution in [0.5, 0.6) is 5.75 Å².